The Morgan fingerprint density at radius 2 is 1.17 bits per heavy atom. The second-order valence-corrected chi connectivity index (χ2v) is 12.6. The van der Waals surface area contributed by atoms with Crippen LogP contribution in [0.1, 0.15) is 65.7 Å². The van der Waals surface area contributed by atoms with Crippen molar-refractivity contribution in [3.63, 3.8) is 0 Å². The third-order valence-corrected chi connectivity index (χ3v) is 8.44. The molecule has 1 aliphatic heterocycles. The van der Waals surface area contributed by atoms with Gasteiger partial charge in [0, 0.05) is 12.8 Å². The van der Waals surface area contributed by atoms with Crippen LogP contribution in [0.15, 0.2) is 0 Å². The number of amides is 7. The maximum atomic E-state index is 13.3. The van der Waals surface area contributed by atoms with E-state index in [0.717, 1.165) is 0 Å². The molecule has 1 saturated heterocycles. The van der Waals surface area contributed by atoms with Crippen molar-refractivity contribution < 1.29 is 68.7 Å². The molecule has 0 aromatic carbocycles. The van der Waals surface area contributed by atoms with Crippen LogP contribution >= 0.6 is 0 Å². The van der Waals surface area contributed by atoms with E-state index in [0.29, 0.717) is 25.8 Å². The lowest BCUT2D eigenvalue weighted by atomic mass is 9.98. The number of carboxylic acid groups (broad SMARTS) is 2. The molecule has 1 heterocycles. The average molecular weight is 761 g/mol. The first-order valence-electron chi connectivity index (χ1n) is 17.0. The monoisotopic (exact) mass is 760 g/mol. The molecule has 22 nitrogen and oxygen atoms in total. The van der Waals surface area contributed by atoms with Gasteiger partial charge in [-0.05, 0) is 45.1 Å². The van der Waals surface area contributed by atoms with Crippen LogP contribution in [0, 0.1) is 5.92 Å². The zero-order valence-electron chi connectivity index (χ0n) is 29.8. The van der Waals surface area contributed by atoms with Gasteiger partial charge in [0.15, 0.2) is 0 Å². The van der Waals surface area contributed by atoms with Gasteiger partial charge in [0.2, 0.25) is 41.4 Å². The van der Waals surface area contributed by atoms with E-state index in [1.165, 1.54) is 6.92 Å². The minimum atomic E-state index is -1.85. The van der Waals surface area contributed by atoms with Crippen LogP contribution in [0.25, 0.3) is 0 Å². The van der Waals surface area contributed by atoms with Crippen LogP contribution in [0.4, 0.5) is 0 Å². The molecule has 0 bridgehead atoms. The predicted molar refractivity (Wildman–Crippen MR) is 181 cm³/mol. The molecule has 1 rings (SSSR count). The number of hydrogen-bond acceptors (Lipinski definition) is 13. The van der Waals surface area contributed by atoms with Gasteiger partial charge in [0.25, 0.3) is 0 Å². The molecule has 1 aliphatic rings. The van der Waals surface area contributed by atoms with Gasteiger partial charge in [-0.15, -0.1) is 0 Å². The summed E-state index contributed by atoms with van der Waals surface area (Å²) in [4.78, 5) is 113. The quantitative estimate of drug-likeness (QED) is 0.0436. The number of nitrogens with two attached hydrogens (primary N) is 1. The van der Waals surface area contributed by atoms with Crippen molar-refractivity contribution >= 4 is 53.3 Å². The van der Waals surface area contributed by atoms with Crippen molar-refractivity contribution in [1.29, 1.82) is 0 Å². The number of carboxylic acids is 2. The third kappa shape index (κ3) is 15.7. The topological polar surface area (TPSA) is 365 Å². The Hall–Kier alpha value is -4.93. The molecule has 1 fully saturated rings. The predicted octanol–water partition coefficient (Wildman–Crippen LogP) is -5.73. The first-order valence-corrected chi connectivity index (χ1v) is 17.0. The molecule has 0 aromatic heterocycles. The minimum Gasteiger partial charge on any atom is -0.481 e. The Balaban J connectivity index is 3.12. The number of nitrogens with one attached hydrogen (secondary N) is 7. The summed E-state index contributed by atoms with van der Waals surface area (Å²) in [6.07, 6.45) is -2.00. The van der Waals surface area contributed by atoms with Gasteiger partial charge in [-0.3, -0.25) is 38.4 Å². The molecule has 22 heteroatoms. The molecule has 14 N–H and O–H groups in total. The summed E-state index contributed by atoms with van der Waals surface area (Å²) >= 11 is 0. The first kappa shape index (κ1) is 46.1. The van der Waals surface area contributed by atoms with E-state index in [1.807, 2.05) is 0 Å². The molecule has 0 unspecified atom stereocenters. The summed E-state index contributed by atoms with van der Waals surface area (Å²) in [7, 11) is 0. The zero-order chi connectivity index (χ0) is 40.4. The van der Waals surface area contributed by atoms with Gasteiger partial charge in [-0.2, -0.15) is 0 Å². The fraction of sp³-hybridized carbons (Fsp3) is 0.710. The molecule has 0 aliphatic carbocycles. The fourth-order valence-corrected chi connectivity index (χ4v) is 5.06. The highest BCUT2D eigenvalue weighted by molar-refractivity contribution is 5.97. The number of aliphatic hydroxyl groups is 3. The fourth-order valence-electron chi connectivity index (χ4n) is 5.06. The molecular weight excluding hydrogens is 708 g/mol. The van der Waals surface area contributed by atoms with E-state index < -0.39 is 147 Å². The molecular formula is C31H52N8O14. The SMILES string of the molecule is CC[C@H](C)[C@H](NC(=O)[C@H](CCC(N)=O)NC(=O)[C@H](CCC(=O)O)NC(=O)[C@H](CO)NC(=O)[C@H](CO)NC(=O)[C@@H](NC(=O)[C@@H]1CCCN1)[C@@H](C)O)C(=O)O. The molecule has 9 atom stereocenters. The number of hydrogen-bond donors (Lipinski definition) is 13. The number of aliphatic hydroxyl groups excluding tert-OH is 3. The summed E-state index contributed by atoms with van der Waals surface area (Å²) < 4.78 is 0. The van der Waals surface area contributed by atoms with E-state index in [-0.39, 0.29) is 0 Å². The van der Waals surface area contributed by atoms with Gasteiger partial charge >= 0.3 is 11.9 Å². The molecule has 300 valence electrons. The highest BCUT2D eigenvalue weighted by Crippen LogP contribution is 2.10. The standard InChI is InChI=1S/C31H52N8O14/c1-4-14(2)23(31(52)53)38-27(48)17(7-9-21(32)43)34-26(47)18(8-10-22(44)45)35-28(49)19(12-40)36-29(50)20(13-41)37-30(51)24(15(3)42)39-25(46)16-6-5-11-33-16/h14-20,23-24,33,40-42H,4-13H2,1-3H3,(H2,32,43)(H,34,47)(H,35,49)(H,36,50)(H,37,51)(H,38,48)(H,39,46)(H,44,45)(H,52,53)/t14-,15+,16-,17-,18-,19-,20-,23-,24-/m0/s1. The Morgan fingerprint density at radius 3 is 1.58 bits per heavy atom. The Labute approximate surface area is 304 Å². The van der Waals surface area contributed by atoms with Crippen LogP contribution in [0.3, 0.4) is 0 Å². The van der Waals surface area contributed by atoms with Crippen LogP contribution in [0.5, 0.6) is 0 Å². The summed E-state index contributed by atoms with van der Waals surface area (Å²) in [6, 6.07) is -10.5. The van der Waals surface area contributed by atoms with Gasteiger partial charge in [0.05, 0.1) is 25.4 Å². The molecule has 7 amide bonds. The van der Waals surface area contributed by atoms with E-state index in [2.05, 4.69) is 37.2 Å². The van der Waals surface area contributed by atoms with Crippen molar-refractivity contribution in [2.45, 2.75) is 114 Å². The van der Waals surface area contributed by atoms with Crippen molar-refractivity contribution in [1.82, 2.24) is 37.2 Å². The van der Waals surface area contributed by atoms with E-state index >= 15 is 0 Å². The van der Waals surface area contributed by atoms with Crippen LogP contribution < -0.4 is 43.0 Å². The molecule has 0 aromatic rings. The highest BCUT2D eigenvalue weighted by atomic mass is 16.4. The smallest absolute Gasteiger partial charge is 0.326 e. The van der Waals surface area contributed by atoms with Gasteiger partial charge in [0.1, 0.15) is 36.3 Å². The van der Waals surface area contributed by atoms with Crippen LogP contribution in [0.2, 0.25) is 0 Å². The van der Waals surface area contributed by atoms with Gasteiger partial charge in [-0.25, -0.2) is 4.79 Å². The molecule has 0 radical (unpaired) electrons. The minimum absolute atomic E-state index is 0.353. The number of rotatable bonds is 24. The number of carbonyl (C=O) groups is 9. The van der Waals surface area contributed by atoms with Crippen molar-refractivity contribution in [2.24, 2.45) is 11.7 Å². The van der Waals surface area contributed by atoms with E-state index in [9.17, 15) is 68.7 Å². The highest BCUT2D eigenvalue weighted by Gasteiger charge is 2.35. The lowest BCUT2D eigenvalue weighted by Crippen LogP contribution is -2.62. The molecule has 0 spiro atoms. The summed E-state index contributed by atoms with van der Waals surface area (Å²) in [5, 5.41) is 64.8. The van der Waals surface area contributed by atoms with Crippen molar-refractivity contribution in [2.75, 3.05) is 19.8 Å². The lowest BCUT2D eigenvalue weighted by molar-refractivity contribution is -0.144. The maximum absolute atomic E-state index is 13.3. The summed E-state index contributed by atoms with van der Waals surface area (Å²) in [5.41, 5.74) is 5.19. The second-order valence-electron chi connectivity index (χ2n) is 12.6. The summed E-state index contributed by atoms with van der Waals surface area (Å²) in [6.45, 7) is 2.87. The van der Waals surface area contributed by atoms with Crippen molar-refractivity contribution in [3.8, 4) is 0 Å². The lowest BCUT2D eigenvalue weighted by Gasteiger charge is -2.27. The number of carbonyl (C=O) groups excluding carboxylic acids is 7. The number of aliphatic carboxylic acids is 2. The largest absolute Gasteiger partial charge is 0.481 e. The van der Waals surface area contributed by atoms with Gasteiger partial charge in [-0.1, -0.05) is 20.3 Å². The van der Waals surface area contributed by atoms with Crippen molar-refractivity contribution in [3.05, 3.63) is 0 Å². The summed E-state index contributed by atoms with van der Waals surface area (Å²) in [5.74, 6) is -10.4. The maximum Gasteiger partial charge on any atom is 0.326 e. The Bertz CT molecular complexity index is 1330. The molecule has 53 heavy (non-hydrogen) atoms. The van der Waals surface area contributed by atoms with Crippen LogP contribution in [-0.4, -0.2) is 147 Å². The van der Waals surface area contributed by atoms with Crippen LogP contribution in [-0.2, 0) is 43.2 Å². The van der Waals surface area contributed by atoms with E-state index in [1.54, 1.807) is 13.8 Å². The Kier molecular flexibility index (Phi) is 19.9. The Morgan fingerprint density at radius 1 is 0.698 bits per heavy atom. The first-order chi connectivity index (χ1) is 24.9. The zero-order valence-corrected chi connectivity index (χ0v) is 29.8. The second kappa shape index (κ2) is 22.9. The third-order valence-electron chi connectivity index (χ3n) is 8.44. The molecule has 0 saturated carbocycles. The average Bonchev–Trinajstić information content (AvgIpc) is 3.65. The normalized spacial score (nSPS) is 18.3. The van der Waals surface area contributed by atoms with Gasteiger partial charge < -0.3 is 68.5 Å². The van der Waals surface area contributed by atoms with E-state index in [4.69, 9.17) is 5.73 Å². The number of primary amides is 1.